The second kappa shape index (κ2) is 12.7. The highest BCUT2D eigenvalue weighted by Gasteiger charge is 2.36. The Morgan fingerprint density at radius 2 is 1.86 bits per heavy atom. The predicted octanol–water partition coefficient (Wildman–Crippen LogP) is 5.41. The van der Waals surface area contributed by atoms with Crippen LogP contribution in [-0.4, -0.2) is 55.6 Å². The number of nitrogens with zero attached hydrogens (tertiary/aromatic N) is 2. The number of fused-ring (bicyclic) bond motifs is 8. The summed E-state index contributed by atoms with van der Waals surface area (Å²) < 4.78 is 29.5. The fourth-order valence-corrected chi connectivity index (χ4v) is 5.78. The van der Waals surface area contributed by atoms with Crippen molar-refractivity contribution in [2.24, 2.45) is 0 Å². The van der Waals surface area contributed by atoms with Gasteiger partial charge in [0, 0.05) is 19.5 Å². The molecule has 0 aliphatic carbocycles. The molecule has 0 saturated carbocycles. The minimum atomic E-state index is -0.486. The molecule has 8 bridgehead atoms. The van der Waals surface area contributed by atoms with E-state index in [1.165, 1.54) is 6.39 Å². The highest BCUT2D eigenvalue weighted by molar-refractivity contribution is 5.93. The molecule has 10 heteroatoms. The van der Waals surface area contributed by atoms with Gasteiger partial charge in [0.25, 0.3) is 5.91 Å². The van der Waals surface area contributed by atoms with E-state index in [0.717, 1.165) is 22.3 Å². The average molecular weight is 598 g/mol. The Hall–Kier alpha value is -4.99. The second-order valence-electron chi connectivity index (χ2n) is 10.8. The summed E-state index contributed by atoms with van der Waals surface area (Å²) in [5.41, 5.74) is 4.30. The monoisotopic (exact) mass is 597 g/mol. The number of hydrogen-bond acceptors (Lipinski definition) is 8. The van der Waals surface area contributed by atoms with Gasteiger partial charge in [0.2, 0.25) is 11.7 Å². The van der Waals surface area contributed by atoms with Crippen LogP contribution in [0.25, 0.3) is 0 Å². The van der Waals surface area contributed by atoms with Crippen molar-refractivity contribution in [2.75, 3.05) is 33.9 Å². The molecule has 0 fully saturated rings. The van der Waals surface area contributed by atoms with Gasteiger partial charge in [0.15, 0.2) is 29.4 Å². The second-order valence-corrected chi connectivity index (χ2v) is 10.8. The van der Waals surface area contributed by atoms with Crippen LogP contribution in [0.3, 0.4) is 0 Å². The van der Waals surface area contributed by atoms with Crippen LogP contribution in [0.15, 0.2) is 65.4 Å². The number of benzene rings is 3. The third-order valence-electron chi connectivity index (χ3n) is 8.03. The van der Waals surface area contributed by atoms with Gasteiger partial charge in [-0.1, -0.05) is 18.2 Å². The molecule has 3 aromatic carbocycles. The van der Waals surface area contributed by atoms with E-state index in [1.54, 1.807) is 26.0 Å². The molecule has 4 aromatic rings. The van der Waals surface area contributed by atoms with Gasteiger partial charge < -0.3 is 33.6 Å². The zero-order chi connectivity index (χ0) is 30.6. The summed E-state index contributed by atoms with van der Waals surface area (Å²) >= 11 is 0. The number of oxazole rings is 1. The first-order valence-electron chi connectivity index (χ1n) is 14.7. The molecule has 2 amide bonds. The van der Waals surface area contributed by atoms with Crippen molar-refractivity contribution in [3.8, 4) is 28.7 Å². The number of nitrogens with one attached hydrogen (secondary N) is 1. The summed E-state index contributed by atoms with van der Waals surface area (Å²) in [4.78, 5) is 32.4. The Kier molecular flexibility index (Phi) is 8.40. The van der Waals surface area contributed by atoms with Gasteiger partial charge in [-0.25, -0.2) is 4.98 Å². The van der Waals surface area contributed by atoms with Crippen LogP contribution in [-0.2, 0) is 17.6 Å². The van der Waals surface area contributed by atoms with Gasteiger partial charge in [-0.15, -0.1) is 0 Å². The van der Waals surface area contributed by atoms with E-state index in [-0.39, 0.29) is 17.6 Å². The maximum atomic E-state index is 13.9. The summed E-state index contributed by atoms with van der Waals surface area (Å²) in [5.74, 6) is 2.80. The highest BCUT2D eigenvalue weighted by atomic mass is 16.5. The Morgan fingerprint density at radius 3 is 2.66 bits per heavy atom. The fraction of sp³-hybridized carbons (Fsp3) is 0.324. The molecule has 0 radical (unpaired) electrons. The molecular formula is C34H35N3O7. The van der Waals surface area contributed by atoms with E-state index in [2.05, 4.69) is 10.3 Å². The Bertz CT molecular complexity index is 1680. The fourth-order valence-electron chi connectivity index (χ4n) is 5.78. The molecule has 3 aliphatic rings. The summed E-state index contributed by atoms with van der Waals surface area (Å²) in [7, 11) is 3.19. The number of rotatable bonds is 3. The van der Waals surface area contributed by atoms with Crippen molar-refractivity contribution in [3.05, 3.63) is 94.7 Å². The standard InChI is InChI=1S/C34H35N3O7/c1-21-33(43-20-36-21)34(39)37-14-12-23-17-30-28(41-3)19-26(23)32(37)24-9-10-27(40-2)29(18-24)42-15-5-13-35-31(38)11-8-22-6-4-7-25(16-22)44-30/h4,6-7,9-10,16-20,32H,5,8,11-15H2,1-3H3,(H,35,38). The van der Waals surface area contributed by atoms with Gasteiger partial charge >= 0.3 is 0 Å². The maximum Gasteiger partial charge on any atom is 0.292 e. The van der Waals surface area contributed by atoms with Gasteiger partial charge in [-0.2, -0.15) is 0 Å². The zero-order valence-electron chi connectivity index (χ0n) is 25.1. The van der Waals surface area contributed by atoms with E-state index < -0.39 is 6.04 Å². The van der Waals surface area contributed by atoms with Crippen molar-refractivity contribution in [1.29, 1.82) is 0 Å². The van der Waals surface area contributed by atoms with Crippen molar-refractivity contribution < 1.29 is 33.0 Å². The Labute approximate surface area is 255 Å². The first-order chi connectivity index (χ1) is 21.4. The molecule has 4 heterocycles. The number of aromatic nitrogens is 1. The summed E-state index contributed by atoms with van der Waals surface area (Å²) in [6.07, 6.45) is 3.45. The topological polar surface area (TPSA) is 112 Å². The van der Waals surface area contributed by atoms with Crippen LogP contribution in [0.4, 0.5) is 0 Å². The minimum absolute atomic E-state index is 0.0241. The smallest absolute Gasteiger partial charge is 0.292 e. The van der Waals surface area contributed by atoms with Gasteiger partial charge in [-0.3, -0.25) is 9.59 Å². The van der Waals surface area contributed by atoms with E-state index in [9.17, 15) is 9.59 Å². The van der Waals surface area contributed by atoms with E-state index in [4.69, 9.17) is 23.4 Å². The summed E-state index contributed by atoms with van der Waals surface area (Å²) in [5, 5.41) is 2.97. The average Bonchev–Trinajstić information content (AvgIpc) is 3.47. The Morgan fingerprint density at radius 1 is 1.00 bits per heavy atom. The SMILES string of the molecule is COc1ccc2cc1OCCCNC(=O)CCc1cccc(c1)Oc1cc3c(cc1OC)C2N(C(=O)c1ocnc1C)CC3. The number of carbonyl (C=O) groups excluding carboxylic acids is 2. The zero-order valence-corrected chi connectivity index (χ0v) is 25.1. The number of ether oxygens (including phenoxy) is 4. The molecule has 1 aromatic heterocycles. The van der Waals surface area contributed by atoms with Crippen LogP contribution in [0.1, 0.15) is 57.4 Å². The molecular weight excluding hydrogens is 562 g/mol. The number of hydrogen-bond donors (Lipinski definition) is 1. The minimum Gasteiger partial charge on any atom is -0.493 e. The Balaban J connectivity index is 1.48. The number of amides is 2. The lowest BCUT2D eigenvalue weighted by atomic mass is 9.87. The highest BCUT2D eigenvalue weighted by Crippen LogP contribution is 2.44. The van der Waals surface area contributed by atoms with E-state index >= 15 is 0 Å². The van der Waals surface area contributed by atoms with Crippen LogP contribution < -0.4 is 24.3 Å². The van der Waals surface area contributed by atoms with Crippen LogP contribution >= 0.6 is 0 Å². The quantitative estimate of drug-likeness (QED) is 0.334. The third kappa shape index (κ3) is 5.92. The first kappa shape index (κ1) is 29.1. The predicted molar refractivity (Wildman–Crippen MR) is 162 cm³/mol. The lowest BCUT2D eigenvalue weighted by molar-refractivity contribution is -0.121. The van der Waals surface area contributed by atoms with Crippen molar-refractivity contribution in [1.82, 2.24) is 15.2 Å². The molecule has 1 unspecified atom stereocenters. The van der Waals surface area contributed by atoms with Gasteiger partial charge in [0.1, 0.15) is 5.75 Å². The van der Waals surface area contributed by atoms with E-state index in [0.29, 0.717) is 79.8 Å². The molecule has 1 N–H and O–H groups in total. The van der Waals surface area contributed by atoms with Crippen LogP contribution in [0.2, 0.25) is 0 Å². The normalized spacial score (nSPS) is 16.8. The lowest BCUT2D eigenvalue weighted by Gasteiger charge is -2.38. The van der Waals surface area contributed by atoms with Crippen molar-refractivity contribution in [2.45, 2.75) is 38.6 Å². The van der Waals surface area contributed by atoms with Gasteiger partial charge in [0.05, 0.1) is 32.6 Å². The molecule has 0 spiro atoms. The lowest BCUT2D eigenvalue weighted by Crippen LogP contribution is -2.40. The molecule has 10 nitrogen and oxygen atoms in total. The molecule has 7 rings (SSSR count). The first-order valence-corrected chi connectivity index (χ1v) is 14.7. The van der Waals surface area contributed by atoms with Crippen LogP contribution in [0, 0.1) is 6.92 Å². The van der Waals surface area contributed by atoms with Crippen LogP contribution in [0.5, 0.6) is 28.7 Å². The number of aryl methyl sites for hydroxylation is 2. The third-order valence-corrected chi connectivity index (χ3v) is 8.03. The maximum absolute atomic E-state index is 13.9. The number of carbonyl (C=O) groups is 2. The van der Waals surface area contributed by atoms with Gasteiger partial charge in [-0.05, 0) is 84.8 Å². The molecule has 1 atom stereocenters. The largest absolute Gasteiger partial charge is 0.493 e. The molecule has 3 aliphatic heterocycles. The molecule has 228 valence electrons. The van der Waals surface area contributed by atoms with E-state index in [1.807, 2.05) is 54.6 Å². The van der Waals surface area contributed by atoms with Crippen molar-refractivity contribution >= 4 is 11.8 Å². The summed E-state index contributed by atoms with van der Waals surface area (Å²) in [6.45, 7) is 3.06. The van der Waals surface area contributed by atoms with Crippen molar-refractivity contribution in [3.63, 3.8) is 0 Å². The number of methoxy groups -OCH3 is 2. The molecule has 44 heavy (non-hydrogen) atoms. The molecule has 0 saturated heterocycles. The summed E-state index contributed by atoms with van der Waals surface area (Å²) in [6, 6.07) is 16.9.